The number of rotatable bonds is 5. The average molecular weight is 380 g/mol. The highest BCUT2D eigenvalue weighted by Crippen LogP contribution is 2.41. The Labute approximate surface area is 149 Å². The van der Waals surface area contributed by atoms with Crippen molar-refractivity contribution in [3.63, 3.8) is 0 Å². The predicted octanol–water partition coefficient (Wildman–Crippen LogP) is 3.65. The Balaban J connectivity index is 1.83. The standard InChI is InChI=1S/C18H15F3N2O2S/c19-15-3-1-14(2-4-15)17-6-5-16(11-18(17,20)21)26(24,25)23-12-13-7-9-22-10-8-13/h1-10,23H,11-12H2. The van der Waals surface area contributed by atoms with E-state index in [0.29, 0.717) is 5.56 Å². The van der Waals surface area contributed by atoms with Gasteiger partial charge in [0.2, 0.25) is 10.0 Å². The summed E-state index contributed by atoms with van der Waals surface area (Å²) in [4.78, 5) is 3.42. The van der Waals surface area contributed by atoms with Crippen LogP contribution in [0.5, 0.6) is 0 Å². The molecule has 0 bridgehead atoms. The lowest BCUT2D eigenvalue weighted by molar-refractivity contribution is 0.0680. The summed E-state index contributed by atoms with van der Waals surface area (Å²) < 4.78 is 68.9. The number of benzene rings is 1. The Morgan fingerprint density at radius 1 is 1.04 bits per heavy atom. The lowest BCUT2D eigenvalue weighted by Gasteiger charge is -2.25. The van der Waals surface area contributed by atoms with Crippen LogP contribution in [0.3, 0.4) is 0 Å². The van der Waals surface area contributed by atoms with E-state index in [1.807, 2.05) is 0 Å². The van der Waals surface area contributed by atoms with Gasteiger partial charge in [0.25, 0.3) is 5.92 Å². The molecular formula is C18H15F3N2O2S. The van der Waals surface area contributed by atoms with Crippen molar-refractivity contribution in [1.29, 1.82) is 0 Å². The third kappa shape index (κ3) is 4.03. The van der Waals surface area contributed by atoms with Crippen LogP contribution in [0.2, 0.25) is 0 Å². The zero-order valence-electron chi connectivity index (χ0n) is 13.5. The molecule has 8 heteroatoms. The van der Waals surface area contributed by atoms with Gasteiger partial charge in [-0.15, -0.1) is 0 Å². The van der Waals surface area contributed by atoms with Gasteiger partial charge in [0.1, 0.15) is 5.82 Å². The molecule has 1 N–H and O–H groups in total. The zero-order valence-corrected chi connectivity index (χ0v) is 14.3. The number of hydrogen-bond donors (Lipinski definition) is 1. The predicted molar refractivity (Wildman–Crippen MR) is 92.0 cm³/mol. The van der Waals surface area contributed by atoms with Gasteiger partial charge in [-0.3, -0.25) is 4.98 Å². The minimum Gasteiger partial charge on any atom is -0.265 e. The largest absolute Gasteiger partial charge is 0.278 e. The first-order valence-corrected chi connectivity index (χ1v) is 9.20. The molecule has 1 aliphatic rings. The number of alkyl halides is 2. The summed E-state index contributed by atoms with van der Waals surface area (Å²) in [5.41, 5.74) is 0.466. The number of nitrogens with zero attached hydrogens (tertiary/aromatic N) is 1. The molecule has 0 saturated carbocycles. The second-order valence-electron chi connectivity index (χ2n) is 5.78. The fraction of sp³-hybridized carbons (Fsp3) is 0.167. The van der Waals surface area contributed by atoms with Crippen LogP contribution in [-0.2, 0) is 16.6 Å². The normalized spacial score (nSPS) is 16.7. The smallest absolute Gasteiger partial charge is 0.265 e. The number of aromatic nitrogens is 1. The third-order valence-electron chi connectivity index (χ3n) is 3.94. The van der Waals surface area contributed by atoms with E-state index in [1.54, 1.807) is 12.1 Å². The van der Waals surface area contributed by atoms with Crippen molar-refractivity contribution in [2.75, 3.05) is 0 Å². The topological polar surface area (TPSA) is 59.1 Å². The van der Waals surface area contributed by atoms with Crippen LogP contribution in [0.15, 0.2) is 65.8 Å². The molecular weight excluding hydrogens is 365 g/mol. The summed E-state index contributed by atoms with van der Waals surface area (Å²) in [6.45, 7) is -0.0255. The summed E-state index contributed by atoms with van der Waals surface area (Å²) in [5, 5.41) is 0. The molecule has 1 aromatic carbocycles. The lowest BCUT2D eigenvalue weighted by Crippen LogP contribution is -2.30. The molecule has 0 atom stereocenters. The Morgan fingerprint density at radius 3 is 2.31 bits per heavy atom. The van der Waals surface area contributed by atoms with Crippen LogP contribution in [0.4, 0.5) is 13.2 Å². The van der Waals surface area contributed by atoms with Gasteiger partial charge < -0.3 is 0 Å². The fourth-order valence-electron chi connectivity index (χ4n) is 2.56. The highest BCUT2D eigenvalue weighted by atomic mass is 32.2. The maximum atomic E-state index is 14.5. The molecule has 2 aromatic rings. The van der Waals surface area contributed by atoms with E-state index in [2.05, 4.69) is 9.71 Å². The first-order chi connectivity index (χ1) is 12.3. The van der Waals surface area contributed by atoms with E-state index in [-0.39, 0.29) is 17.7 Å². The summed E-state index contributed by atoms with van der Waals surface area (Å²) in [6, 6.07) is 7.89. The minimum absolute atomic E-state index is 0.0255. The molecule has 0 saturated heterocycles. The van der Waals surface area contributed by atoms with Crippen LogP contribution in [0, 0.1) is 5.82 Å². The summed E-state index contributed by atoms with van der Waals surface area (Å²) >= 11 is 0. The Hall–Kier alpha value is -2.45. The van der Waals surface area contributed by atoms with Crippen LogP contribution in [0.1, 0.15) is 17.5 Å². The van der Waals surface area contributed by atoms with Crippen molar-refractivity contribution in [2.24, 2.45) is 0 Å². The number of allylic oxidation sites excluding steroid dienone is 4. The minimum atomic E-state index is -4.06. The van der Waals surface area contributed by atoms with Crippen LogP contribution in [-0.4, -0.2) is 19.3 Å². The molecule has 1 aliphatic carbocycles. The number of pyridine rings is 1. The zero-order chi connectivity index (χ0) is 18.8. The fourth-order valence-corrected chi connectivity index (χ4v) is 3.72. The molecule has 1 aromatic heterocycles. The summed E-state index contributed by atoms with van der Waals surface area (Å²) in [5.74, 6) is -3.92. The van der Waals surface area contributed by atoms with Crippen LogP contribution >= 0.6 is 0 Å². The van der Waals surface area contributed by atoms with Crippen molar-refractivity contribution in [2.45, 2.75) is 18.9 Å². The van der Waals surface area contributed by atoms with Crippen molar-refractivity contribution in [3.8, 4) is 0 Å². The van der Waals surface area contributed by atoms with Crippen molar-refractivity contribution < 1.29 is 21.6 Å². The molecule has 0 unspecified atom stereocenters. The van der Waals surface area contributed by atoms with E-state index < -0.39 is 33.1 Å². The number of halogens is 3. The molecule has 26 heavy (non-hydrogen) atoms. The summed E-state index contributed by atoms with van der Waals surface area (Å²) in [7, 11) is -4.06. The quantitative estimate of drug-likeness (QED) is 0.862. The maximum absolute atomic E-state index is 14.5. The molecule has 0 amide bonds. The van der Waals surface area contributed by atoms with E-state index >= 15 is 0 Å². The third-order valence-corrected chi connectivity index (χ3v) is 5.44. The second kappa shape index (κ2) is 7.05. The van der Waals surface area contributed by atoms with E-state index in [1.165, 1.54) is 24.5 Å². The molecule has 1 heterocycles. The van der Waals surface area contributed by atoms with Crippen LogP contribution in [0.25, 0.3) is 5.57 Å². The SMILES string of the molecule is O=S(=O)(NCc1ccncc1)C1=CC=C(c2ccc(F)cc2)C(F)(F)C1. The van der Waals surface area contributed by atoms with Crippen LogP contribution < -0.4 is 4.72 Å². The number of hydrogen-bond acceptors (Lipinski definition) is 3. The molecule has 4 nitrogen and oxygen atoms in total. The highest BCUT2D eigenvalue weighted by Gasteiger charge is 2.40. The monoisotopic (exact) mass is 380 g/mol. The van der Waals surface area contributed by atoms with Gasteiger partial charge in [0.15, 0.2) is 0 Å². The molecule has 0 fully saturated rings. The first-order valence-electron chi connectivity index (χ1n) is 7.72. The van der Waals surface area contributed by atoms with Gasteiger partial charge >= 0.3 is 0 Å². The number of sulfonamides is 1. The number of nitrogens with one attached hydrogen (secondary N) is 1. The first kappa shape index (κ1) is 18.3. The second-order valence-corrected chi connectivity index (χ2v) is 7.60. The lowest BCUT2D eigenvalue weighted by atomic mass is 9.93. The summed E-state index contributed by atoms with van der Waals surface area (Å²) in [6.07, 6.45) is 4.29. The highest BCUT2D eigenvalue weighted by molar-refractivity contribution is 7.93. The van der Waals surface area contributed by atoms with E-state index in [4.69, 9.17) is 0 Å². The average Bonchev–Trinajstić information content (AvgIpc) is 2.61. The Morgan fingerprint density at radius 2 is 1.69 bits per heavy atom. The Bertz CT molecular complexity index is 954. The molecule has 136 valence electrons. The van der Waals surface area contributed by atoms with Crippen molar-refractivity contribution in [1.82, 2.24) is 9.71 Å². The van der Waals surface area contributed by atoms with Gasteiger partial charge in [-0.25, -0.2) is 26.3 Å². The Kier molecular flexibility index (Phi) is 4.97. The van der Waals surface area contributed by atoms with Gasteiger partial charge in [-0.1, -0.05) is 18.2 Å². The van der Waals surface area contributed by atoms with Gasteiger partial charge in [-0.05, 0) is 41.5 Å². The van der Waals surface area contributed by atoms with E-state index in [0.717, 1.165) is 24.3 Å². The van der Waals surface area contributed by atoms with E-state index in [9.17, 15) is 21.6 Å². The maximum Gasteiger partial charge on any atom is 0.278 e. The van der Waals surface area contributed by atoms with Gasteiger partial charge in [0, 0.05) is 24.5 Å². The van der Waals surface area contributed by atoms with Gasteiger partial charge in [0.05, 0.1) is 11.3 Å². The molecule has 0 aliphatic heterocycles. The van der Waals surface area contributed by atoms with Crippen molar-refractivity contribution >= 4 is 15.6 Å². The molecule has 0 radical (unpaired) electrons. The molecule has 3 rings (SSSR count). The molecule has 0 spiro atoms. The van der Waals surface area contributed by atoms with Crippen molar-refractivity contribution in [3.05, 3.63) is 82.8 Å². The van der Waals surface area contributed by atoms with Gasteiger partial charge in [-0.2, -0.15) is 0 Å².